The maximum Gasteiger partial charge on any atom is 0.259 e. The second-order valence-electron chi connectivity index (χ2n) is 4.80. The maximum absolute atomic E-state index is 11.9. The molecule has 7 heteroatoms. The zero-order chi connectivity index (χ0) is 17.4. The summed E-state index contributed by atoms with van der Waals surface area (Å²) in [4.78, 5) is 23.5. The molecule has 0 bridgehead atoms. The normalized spacial score (nSPS) is 10.4. The first kappa shape index (κ1) is 17.0. The van der Waals surface area contributed by atoms with Gasteiger partial charge in [0.15, 0.2) is 0 Å². The van der Waals surface area contributed by atoms with Gasteiger partial charge < -0.3 is 15.2 Å². The Balaban J connectivity index is 1.77. The Morgan fingerprint density at radius 1 is 1.12 bits per heavy atom. The number of hydrazone groups is 1. The van der Waals surface area contributed by atoms with Crippen molar-refractivity contribution in [2.24, 2.45) is 5.10 Å². The molecule has 0 heterocycles. The first-order chi connectivity index (χ1) is 11.6. The predicted molar refractivity (Wildman–Crippen MR) is 89.2 cm³/mol. The highest BCUT2D eigenvalue weighted by Gasteiger charge is 2.07. The van der Waals surface area contributed by atoms with Gasteiger partial charge >= 0.3 is 0 Å². The molecule has 0 unspecified atom stereocenters. The number of aromatic hydroxyl groups is 1. The summed E-state index contributed by atoms with van der Waals surface area (Å²) < 4.78 is 5.01. The summed E-state index contributed by atoms with van der Waals surface area (Å²) in [7, 11) is 1.54. The van der Waals surface area contributed by atoms with Crippen LogP contribution in [0.15, 0.2) is 53.6 Å². The van der Waals surface area contributed by atoms with Gasteiger partial charge in [0, 0.05) is 5.56 Å². The van der Waals surface area contributed by atoms with Gasteiger partial charge in [0.2, 0.25) is 0 Å². The van der Waals surface area contributed by atoms with Gasteiger partial charge in [-0.25, -0.2) is 5.43 Å². The van der Waals surface area contributed by atoms with Crippen LogP contribution in [0.4, 0.5) is 0 Å². The van der Waals surface area contributed by atoms with Crippen molar-refractivity contribution in [3.8, 4) is 11.5 Å². The van der Waals surface area contributed by atoms with Crippen molar-refractivity contribution in [1.29, 1.82) is 0 Å². The number of hydrogen-bond acceptors (Lipinski definition) is 5. The molecule has 7 nitrogen and oxygen atoms in total. The lowest BCUT2D eigenvalue weighted by molar-refractivity contribution is -0.120. The molecule has 0 saturated carbocycles. The number of nitrogens with zero attached hydrogens (tertiary/aromatic N) is 1. The number of carbonyl (C=O) groups excluding carboxylic acids is 2. The highest BCUT2D eigenvalue weighted by molar-refractivity contribution is 5.96. The maximum atomic E-state index is 11.9. The average molecular weight is 327 g/mol. The summed E-state index contributed by atoms with van der Waals surface area (Å²) in [5.74, 6) is -0.0208. The molecule has 2 aromatic carbocycles. The fourth-order valence-corrected chi connectivity index (χ4v) is 1.78. The van der Waals surface area contributed by atoms with Crippen LogP contribution < -0.4 is 15.5 Å². The molecule has 0 aliphatic rings. The van der Waals surface area contributed by atoms with E-state index < -0.39 is 5.91 Å². The van der Waals surface area contributed by atoms with Gasteiger partial charge in [-0.05, 0) is 54.1 Å². The molecular formula is C17H17N3O4. The number of benzene rings is 2. The Morgan fingerprint density at radius 2 is 1.79 bits per heavy atom. The van der Waals surface area contributed by atoms with Crippen LogP contribution in [0.25, 0.3) is 0 Å². The number of nitrogens with one attached hydrogen (secondary N) is 2. The van der Waals surface area contributed by atoms with E-state index in [1.54, 1.807) is 36.4 Å². The second kappa shape index (κ2) is 8.33. The third kappa shape index (κ3) is 5.13. The van der Waals surface area contributed by atoms with Crippen LogP contribution in [0.2, 0.25) is 0 Å². The highest BCUT2D eigenvalue weighted by Crippen LogP contribution is 2.11. The van der Waals surface area contributed by atoms with E-state index in [4.69, 9.17) is 9.84 Å². The average Bonchev–Trinajstić information content (AvgIpc) is 2.61. The Hall–Kier alpha value is -3.35. The van der Waals surface area contributed by atoms with Gasteiger partial charge in [-0.15, -0.1) is 0 Å². The third-order valence-corrected chi connectivity index (χ3v) is 3.06. The molecule has 124 valence electrons. The summed E-state index contributed by atoms with van der Waals surface area (Å²) in [6, 6.07) is 12.9. The topological polar surface area (TPSA) is 100 Å². The van der Waals surface area contributed by atoms with Crippen LogP contribution in [0.3, 0.4) is 0 Å². The number of amides is 2. The van der Waals surface area contributed by atoms with Gasteiger partial charge in [0.25, 0.3) is 11.8 Å². The van der Waals surface area contributed by atoms with Gasteiger partial charge in [0.05, 0.1) is 19.9 Å². The van der Waals surface area contributed by atoms with Crippen LogP contribution in [0, 0.1) is 0 Å². The molecule has 0 atom stereocenters. The third-order valence-electron chi connectivity index (χ3n) is 3.06. The zero-order valence-corrected chi connectivity index (χ0v) is 13.0. The summed E-state index contributed by atoms with van der Waals surface area (Å²) in [5, 5.41) is 15.4. The number of carbonyl (C=O) groups is 2. The summed E-state index contributed by atoms with van der Waals surface area (Å²) in [6.07, 6.45) is 1.43. The number of phenolic OH excluding ortho intramolecular Hbond substituents is 1. The predicted octanol–water partition coefficient (Wildman–Crippen LogP) is 1.28. The van der Waals surface area contributed by atoms with E-state index in [0.29, 0.717) is 11.3 Å². The van der Waals surface area contributed by atoms with E-state index in [1.165, 1.54) is 25.5 Å². The molecule has 0 saturated heterocycles. The Morgan fingerprint density at radius 3 is 2.42 bits per heavy atom. The number of ether oxygens (including phenoxy) is 1. The van der Waals surface area contributed by atoms with Crippen molar-refractivity contribution >= 4 is 18.0 Å². The van der Waals surface area contributed by atoms with E-state index in [9.17, 15) is 9.59 Å². The van der Waals surface area contributed by atoms with Crippen LogP contribution >= 0.6 is 0 Å². The molecule has 0 aliphatic heterocycles. The number of phenols is 1. The molecule has 0 fully saturated rings. The number of hydrogen-bond donors (Lipinski definition) is 3. The van der Waals surface area contributed by atoms with Crippen molar-refractivity contribution in [3.63, 3.8) is 0 Å². The van der Waals surface area contributed by atoms with Crippen molar-refractivity contribution < 1.29 is 19.4 Å². The van der Waals surface area contributed by atoms with Crippen molar-refractivity contribution in [2.75, 3.05) is 13.7 Å². The van der Waals surface area contributed by atoms with Crippen LogP contribution in [0.5, 0.6) is 11.5 Å². The van der Waals surface area contributed by atoms with Crippen LogP contribution in [-0.4, -0.2) is 36.8 Å². The monoisotopic (exact) mass is 327 g/mol. The van der Waals surface area contributed by atoms with Crippen molar-refractivity contribution in [3.05, 3.63) is 59.7 Å². The minimum Gasteiger partial charge on any atom is -0.508 e. The first-order valence-electron chi connectivity index (χ1n) is 7.11. The molecular weight excluding hydrogens is 310 g/mol. The highest BCUT2D eigenvalue weighted by atomic mass is 16.5. The van der Waals surface area contributed by atoms with E-state index in [1.807, 2.05) is 0 Å². The summed E-state index contributed by atoms with van der Waals surface area (Å²) in [6.45, 7) is -0.197. The standard InChI is InChI=1S/C17H17N3O4/c1-24-15-8-4-13(5-9-15)17(23)18-11-16(22)20-19-10-12-2-6-14(21)7-3-12/h2-10,21H,11H2,1H3,(H,18,23)(H,20,22)/b19-10+. The fraction of sp³-hybridized carbons (Fsp3) is 0.118. The zero-order valence-electron chi connectivity index (χ0n) is 13.0. The van der Waals surface area contributed by atoms with Gasteiger partial charge in [-0.2, -0.15) is 5.10 Å². The summed E-state index contributed by atoms with van der Waals surface area (Å²) >= 11 is 0. The van der Waals surface area contributed by atoms with Gasteiger partial charge in [-0.3, -0.25) is 9.59 Å². The van der Waals surface area contributed by atoms with Crippen molar-refractivity contribution in [2.45, 2.75) is 0 Å². The Labute approximate surface area is 139 Å². The van der Waals surface area contributed by atoms with E-state index in [2.05, 4.69) is 15.8 Å². The molecule has 2 amide bonds. The smallest absolute Gasteiger partial charge is 0.259 e. The fourth-order valence-electron chi connectivity index (χ4n) is 1.78. The first-order valence-corrected chi connectivity index (χ1v) is 7.11. The second-order valence-corrected chi connectivity index (χ2v) is 4.80. The molecule has 2 rings (SSSR count). The SMILES string of the molecule is COc1ccc(C(=O)NCC(=O)N/N=C/c2ccc(O)cc2)cc1. The number of rotatable bonds is 6. The molecule has 24 heavy (non-hydrogen) atoms. The Bertz CT molecular complexity index is 725. The van der Waals surface area contributed by atoms with E-state index >= 15 is 0 Å². The lowest BCUT2D eigenvalue weighted by atomic mass is 10.2. The lowest BCUT2D eigenvalue weighted by Crippen LogP contribution is -2.34. The minimum atomic E-state index is -0.452. The lowest BCUT2D eigenvalue weighted by Gasteiger charge is -2.05. The Kier molecular flexibility index (Phi) is 5.90. The number of methoxy groups -OCH3 is 1. The van der Waals surface area contributed by atoms with Crippen molar-refractivity contribution in [1.82, 2.24) is 10.7 Å². The minimum absolute atomic E-state index is 0.150. The quantitative estimate of drug-likeness (QED) is 0.549. The molecule has 0 aromatic heterocycles. The van der Waals surface area contributed by atoms with Crippen LogP contribution in [-0.2, 0) is 4.79 Å². The molecule has 3 N–H and O–H groups in total. The molecule has 0 radical (unpaired) electrons. The van der Waals surface area contributed by atoms with Gasteiger partial charge in [0.1, 0.15) is 11.5 Å². The largest absolute Gasteiger partial charge is 0.508 e. The molecule has 0 spiro atoms. The molecule has 2 aromatic rings. The summed E-state index contributed by atoms with van der Waals surface area (Å²) in [5.41, 5.74) is 3.45. The van der Waals surface area contributed by atoms with Gasteiger partial charge in [-0.1, -0.05) is 0 Å². The van der Waals surface area contributed by atoms with Crippen LogP contribution in [0.1, 0.15) is 15.9 Å². The molecule has 0 aliphatic carbocycles. The van der Waals surface area contributed by atoms with E-state index in [0.717, 1.165) is 5.56 Å². The van der Waals surface area contributed by atoms with E-state index in [-0.39, 0.29) is 18.2 Å².